The average Bonchev–Trinajstić information content (AvgIpc) is 2.45. The lowest BCUT2D eigenvalue weighted by Crippen LogP contribution is -2.13. The Morgan fingerprint density at radius 2 is 1.95 bits per heavy atom. The van der Waals surface area contributed by atoms with Gasteiger partial charge in [0.05, 0.1) is 16.8 Å². The number of sulfonamides is 1. The molecule has 2 rings (SSSR count). The monoisotopic (exact) mass is 307 g/mol. The van der Waals surface area contributed by atoms with Crippen molar-refractivity contribution < 1.29 is 13.2 Å². The second kappa shape index (κ2) is 6.55. The van der Waals surface area contributed by atoms with Gasteiger partial charge >= 0.3 is 0 Å². The highest BCUT2D eigenvalue weighted by atomic mass is 32.2. The highest BCUT2D eigenvalue weighted by Gasteiger charge is 2.14. The molecule has 0 spiro atoms. The van der Waals surface area contributed by atoms with Crippen LogP contribution in [0.2, 0.25) is 0 Å². The normalized spacial score (nSPS) is 11.1. The lowest BCUT2D eigenvalue weighted by Gasteiger charge is -2.09. The van der Waals surface area contributed by atoms with Crippen LogP contribution in [0.4, 0.5) is 5.69 Å². The minimum atomic E-state index is -3.64. The van der Waals surface area contributed by atoms with E-state index in [9.17, 15) is 8.42 Å². The maximum Gasteiger partial charge on any atom is 0.261 e. The predicted molar refractivity (Wildman–Crippen MR) is 80.8 cm³/mol. The van der Waals surface area contributed by atoms with Crippen LogP contribution in [0.15, 0.2) is 47.6 Å². The third-order valence-electron chi connectivity index (χ3n) is 2.65. The van der Waals surface area contributed by atoms with Crippen LogP contribution in [-0.2, 0) is 10.0 Å². The van der Waals surface area contributed by atoms with Crippen molar-refractivity contribution in [1.82, 2.24) is 4.98 Å². The summed E-state index contributed by atoms with van der Waals surface area (Å²) in [5, 5.41) is 0. The molecular weight excluding hydrogens is 290 g/mol. The summed E-state index contributed by atoms with van der Waals surface area (Å²) in [6.07, 6.45) is 3.12. The van der Waals surface area contributed by atoms with Crippen LogP contribution >= 0.6 is 0 Å². The molecule has 0 fully saturated rings. The number of benzene rings is 1. The van der Waals surface area contributed by atoms with E-state index in [0.717, 1.165) is 5.56 Å². The maximum absolute atomic E-state index is 12.2. The zero-order valence-corrected chi connectivity index (χ0v) is 12.4. The summed E-state index contributed by atoms with van der Waals surface area (Å²) in [5.41, 5.74) is 6.64. The lowest BCUT2D eigenvalue weighted by atomic mass is 10.3. The number of hydrogen-bond acceptors (Lipinski definition) is 5. The molecule has 0 aliphatic rings. The van der Waals surface area contributed by atoms with Crippen LogP contribution in [0, 0.1) is 6.92 Å². The Hall–Kier alpha value is -2.12. The molecule has 0 radical (unpaired) electrons. The predicted octanol–water partition coefficient (Wildman–Crippen LogP) is 1.53. The smallest absolute Gasteiger partial charge is 0.261 e. The molecule has 1 aromatic heterocycles. The molecule has 0 saturated carbocycles. The number of aromatic nitrogens is 1. The molecular formula is C14H17N3O3S. The van der Waals surface area contributed by atoms with Gasteiger partial charge in [-0.05, 0) is 42.8 Å². The van der Waals surface area contributed by atoms with Gasteiger partial charge in [0.2, 0.25) is 0 Å². The van der Waals surface area contributed by atoms with Gasteiger partial charge in [-0.25, -0.2) is 8.42 Å². The molecule has 0 amide bonds. The highest BCUT2D eigenvalue weighted by molar-refractivity contribution is 7.92. The van der Waals surface area contributed by atoms with E-state index in [1.54, 1.807) is 24.4 Å². The molecule has 7 heteroatoms. The molecule has 0 unspecified atom stereocenters. The number of pyridine rings is 1. The molecule has 0 aliphatic heterocycles. The van der Waals surface area contributed by atoms with E-state index in [4.69, 9.17) is 10.5 Å². The van der Waals surface area contributed by atoms with Crippen LogP contribution in [-0.4, -0.2) is 26.6 Å². The van der Waals surface area contributed by atoms with Gasteiger partial charge in [0.15, 0.2) is 0 Å². The highest BCUT2D eigenvalue weighted by Crippen LogP contribution is 2.19. The average molecular weight is 307 g/mol. The molecule has 6 nitrogen and oxygen atoms in total. The Morgan fingerprint density at radius 3 is 2.57 bits per heavy atom. The van der Waals surface area contributed by atoms with Crippen molar-refractivity contribution in [3.05, 3.63) is 48.3 Å². The molecule has 2 aromatic rings. The summed E-state index contributed by atoms with van der Waals surface area (Å²) in [4.78, 5) is 4.11. The molecule has 3 N–H and O–H groups in total. The second-order valence-corrected chi connectivity index (χ2v) is 6.15. The molecule has 0 bridgehead atoms. The number of anilines is 1. The SMILES string of the molecule is Cc1cncc(NS(=O)(=O)c2ccc(OCCN)cc2)c1. The lowest BCUT2D eigenvalue weighted by molar-refractivity contribution is 0.328. The molecule has 0 atom stereocenters. The Labute approximate surface area is 124 Å². The first-order chi connectivity index (χ1) is 10.0. The minimum absolute atomic E-state index is 0.157. The minimum Gasteiger partial charge on any atom is -0.492 e. The van der Waals surface area contributed by atoms with Crippen molar-refractivity contribution in [2.75, 3.05) is 17.9 Å². The van der Waals surface area contributed by atoms with Crippen molar-refractivity contribution in [3.63, 3.8) is 0 Å². The summed E-state index contributed by atoms with van der Waals surface area (Å²) < 4.78 is 32.3. The molecule has 0 aliphatic carbocycles. The Bertz CT molecular complexity index is 700. The zero-order valence-electron chi connectivity index (χ0n) is 11.6. The number of hydrogen-bond donors (Lipinski definition) is 2. The van der Waals surface area contributed by atoms with Gasteiger partial charge in [0, 0.05) is 12.7 Å². The number of aryl methyl sites for hydroxylation is 1. The fraction of sp³-hybridized carbons (Fsp3) is 0.214. The summed E-state index contributed by atoms with van der Waals surface area (Å²) in [5.74, 6) is 0.580. The van der Waals surface area contributed by atoms with E-state index in [-0.39, 0.29) is 4.90 Å². The van der Waals surface area contributed by atoms with Gasteiger partial charge in [0.25, 0.3) is 10.0 Å². The van der Waals surface area contributed by atoms with Crippen molar-refractivity contribution >= 4 is 15.7 Å². The van der Waals surface area contributed by atoms with Gasteiger partial charge in [-0.2, -0.15) is 0 Å². The van der Waals surface area contributed by atoms with Crippen LogP contribution in [0.25, 0.3) is 0 Å². The summed E-state index contributed by atoms with van der Waals surface area (Å²) in [6.45, 7) is 2.63. The second-order valence-electron chi connectivity index (χ2n) is 4.47. The topological polar surface area (TPSA) is 94.3 Å². The molecule has 112 valence electrons. The van der Waals surface area contributed by atoms with Crippen molar-refractivity contribution in [3.8, 4) is 5.75 Å². The van der Waals surface area contributed by atoms with Crippen LogP contribution in [0.3, 0.4) is 0 Å². The standard InChI is InChI=1S/C14H17N3O3S/c1-11-8-12(10-16-9-11)17-21(18,19)14-4-2-13(3-5-14)20-7-6-15/h2-5,8-10,17H,6-7,15H2,1H3. The van der Waals surface area contributed by atoms with E-state index in [0.29, 0.717) is 24.6 Å². The summed E-state index contributed by atoms with van der Waals surface area (Å²) >= 11 is 0. The largest absolute Gasteiger partial charge is 0.492 e. The molecule has 1 aromatic carbocycles. The number of ether oxygens (including phenoxy) is 1. The Balaban J connectivity index is 2.15. The van der Waals surface area contributed by atoms with Crippen LogP contribution in [0.1, 0.15) is 5.56 Å². The van der Waals surface area contributed by atoms with E-state index in [2.05, 4.69) is 9.71 Å². The Morgan fingerprint density at radius 1 is 1.24 bits per heavy atom. The number of nitrogens with one attached hydrogen (secondary N) is 1. The molecule has 1 heterocycles. The third-order valence-corrected chi connectivity index (χ3v) is 4.04. The first kappa shape index (κ1) is 15.3. The van der Waals surface area contributed by atoms with Gasteiger partial charge in [-0.3, -0.25) is 9.71 Å². The maximum atomic E-state index is 12.2. The van der Waals surface area contributed by atoms with E-state index < -0.39 is 10.0 Å². The van der Waals surface area contributed by atoms with Crippen LogP contribution in [0.5, 0.6) is 5.75 Å². The fourth-order valence-electron chi connectivity index (χ4n) is 1.72. The van der Waals surface area contributed by atoms with Gasteiger partial charge in [-0.15, -0.1) is 0 Å². The van der Waals surface area contributed by atoms with Crippen molar-refractivity contribution in [2.45, 2.75) is 11.8 Å². The molecule has 21 heavy (non-hydrogen) atoms. The Kier molecular flexibility index (Phi) is 4.77. The fourth-order valence-corrected chi connectivity index (χ4v) is 2.75. The van der Waals surface area contributed by atoms with E-state index in [1.165, 1.54) is 18.3 Å². The van der Waals surface area contributed by atoms with E-state index in [1.807, 2.05) is 6.92 Å². The van der Waals surface area contributed by atoms with Crippen molar-refractivity contribution in [1.29, 1.82) is 0 Å². The zero-order chi connectivity index (χ0) is 15.3. The van der Waals surface area contributed by atoms with Crippen LogP contribution < -0.4 is 15.2 Å². The molecule has 0 saturated heterocycles. The summed E-state index contributed by atoms with van der Waals surface area (Å²) in [7, 11) is -3.64. The summed E-state index contributed by atoms with van der Waals surface area (Å²) in [6, 6.07) is 7.87. The van der Waals surface area contributed by atoms with Gasteiger partial charge < -0.3 is 10.5 Å². The van der Waals surface area contributed by atoms with E-state index >= 15 is 0 Å². The number of nitrogens with zero attached hydrogens (tertiary/aromatic N) is 1. The van der Waals surface area contributed by atoms with Gasteiger partial charge in [-0.1, -0.05) is 0 Å². The quantitative estimate of drug-likeness (QED) is 0.844. The number of nitrogens with two attached hydrogens (primary N) is 1. The van der Waals surface area contributed by atoms with Crippen molar-refractivity contribution in [2.24, 2.45) is 5.73 Å². The third kappa shape index (κ3) is 4.17. The van der Waals surface area contributed by atoms with Gasteiger partial charge in [0.1, 0.15) is 12.4 Å². The first-order valence-electron chi connectivity index (χ1n) is 6.39. The first-order valence-corrected chi connectivity index (χ1v) is 7.87. The number of rotatable bonds is 6.